The van der Waals surface area contributed by atoms with Gasteiger partial charge in [-0.15, -0.1) is 0 Å². The lowest BCUT2D eigenvalue weighted by molar-refractivity contribution is 0.436. The van der Waals surface area contributed by atoms with Crippen molar-refractivity contribution in [1.82, 2.24) is 9.88 Å². The van der Waals surface area contributed by atoms with Crippen LogP contribution < -0.4 is 10.9 Å². The van der Waals surface area contributed by atoms with Crippen LogP contribution in [0.4, 0.5) is 0 Å². The Bertz CT molecular complexity index is 478. The zero-order valence-corrected chi connectivity index (χ0v) is 13.0. The lowest BCUT2D eigenvalue weighted by Gasteiger charge is -2.28. The molecule has 0 spiro atoms. The third kappa shape index (κ3) is 3.51. The number of pyridine rings is 1. The topological polar surface area (TPSA) is 34.0 Å². The molecule has 1 aromatic heterocycles. The van der Waals surface area contributed by atoms with Crippen molar-refractivity contribution in [3.05, 3.63) is 33.7 Å². The predicted molar refractivity (Wildman–Crippen MR) is 84.2 cm³/mol. The number of nitrogens with one attached hydrogen (secondary N) is 1. The van der Waals surface area contributed by atoms with Crippen molar-refractivity contribution >= 4 is 0 Å². The first-order valence-corrected chi connectivity index (χ1v) is 8.24. The van der Waals surface area contributed by atoms with E-state index in [1.54, 1.807) is 6.07 Å². The summed E-state index contributed by atoms with van der Waals surface area (Å²) in [5.74, 6) is 0. The van der Waals surface area contributed by atoms with Crippen molar-refractivity contribution in [2.24, 2.45) is 0 Å². The minimum absolute atomic E-state index is 0.177. The summed E-state index contributed by atoms with van der Waals surface area (Å²) in [4.78, 5) is 12.1. The molecule has 0 saturated carbocycles. The maximum atomic E-state index is 12.1. The van der Waals surface area contributed by atoms with Gasteiger partial charge in [-0.05, 0) is 44.2 Å². The van der Waals surface area contributed by atoms with Crippen molar-refractivity contribution in [2.45, 2.75) is 71.4 Å². The van der Waals surface area contributed by atoms with Gasteiger partial charge in [0.2, 0.25) is 0 Å². The average Bonchev–Trinajstić information content (AvgIpc) is 2.47. The van der Waals surface area contributed by atoms with Gasteiger partial charge in [0.05, 0.1) is 0 Å². The lowest BCUT2D eigenvalue weighted by atomic mass is 9.90. The molecule has 3 heteroatoms. The van der Waals surface area contributed by atoms with Gasteiger partial charge in [-0.2, -0.15) is 0 Å². The standard InChI is InChI=1S/C17H28N2O/c1-3-5-6-13-19-16-9-7-8-15(18-12-4-2)14(16)10-11-17(19)20/h10-11,15,18H,3-9,12-13H2,1-2H3. The average molecular weight is 276 g/mol. The van der Waals surface area contributed by atoms with Gasteiger partial charge in [-0.1, -0.05) is 32.8 Å². The lowest BCUT2D eigenvalue weighted by Crippen LogP contribution is -2.32. The number of rotatable bonds is 7. The summed E-state index contributed by atoms with van der Waals surface area (Å²) < 4.78 is 2.03. The molecule has 1 heterocycles. The van der Waals surface area contributed by atoms with E-state index in [0.717, 1.165) is 32.4 Å². The highest BCUT2D eigenvalue weighted by Gasteiger charge is 2.22. The molecule has 1 aliphatic rings. The fourth-order valence-corrected chi connectivity index (χ4v) is 3.16. The SMILES string of the molecule is CCCCCn1c2c(ccc1=O)C(NCCC)CCC2. The molecule has 3 nitrogen and oxygen atoms in total. The van der Waals surface area contributed by atoms with E-state index in [9.17, 15) is 4.79 Å². The summed E-state index contributed by atoms with van der Waals surface area (Å²) in [6.45, 7) is 6.34. The monoisotopic (exact) mass is 276 g/mol. The smallest absolute Gasteiger partial charge is 0.250 e. The van der Waals surface area contributed by atoms with Gasteiger partial charge in [-0.25, -0.2) is 0 Å². The second kappa shape index (κ2) is 7.63. The molecule has 20 heavy (non-hydrogen) atoms. The second-order valence-corrected chi connectivity index (χ2v) is 5.83. The fraction of sp³-hybridized carbons (Fsp3) is 0.706. The Morgan fingerprint density at radius 2 is 2.10 bits per heavy atom. The molecule has 1 unspecified atom stereocenters. The summed E-state index contributed by atoms with van der Waals surface area (Å²) in [5.41, 5.74) is 2.82. The van der Waals surface area contributed by atoms with E-state index in [4.69, 9.17) is 0 Å². The number of hydrogen-bond acceptors (Lipinski definition) is 2. The number of nitrogens with zero attached hydrogens (tertiary/aromatic N) is 1. The van der Waals surface area contributed by atoms with Crippen LogP contribution in [0.25, 0.3) is 0 Å². The van der Waals surface area contributed by atoms with Crippen LogP contribution in [-0.4, -0.2) is 11.1 Å². The summed E-state index contributed by atoms with van der Waals surface area (Å²) in [6, 6.07) is 4.26. The number of hydrogen-bond donors (Lipinski definition) is 1. The van der Waals surface area contributed by atoms with Gasteiger partial charge in [0.25, 0.3) is 5.56 Å². The highest BCUT2D eigenvalue weighted by atomic mass is 16.1. The first kappa shape index (κ1) is 15.3. The fourth-order valence-electron chi connectivity index (χ4n) is 3.16. The Hall–Kier alpha value is -1.09. The number of fused-ring (bicyclic) bond motifs is 1. The van der Waals surface area contributed by atoms with Gasteiger partial charge in [0, 0.05) is 24.3 Å². The molecule has 1 atom stereocenters. The third-order valence-corrected chi connectivity index (χ3v) is 4.24. The molecule has 0 fully saturated rings. The van der Waals surface area contributed by atoms with Crippen LogP contribution in [0.1, 0.15) is 69.7 Å². The Labute approximate surface area is 122 Å². The summed E-state index contributed by atoms with van der Waals surface area (Å²) >= 11 is 0. The van der Waals surface area contributed by atoms with Crippen LogP contribution in [-0.2, 0) is 13.0 Å². The normalized spacial score (nSPS) is 18.0. The van der Waals surface area contributed by atoms with Gasteiger partial charge in [-0.3, -0.25) is 4.79 Å². The maximum Gasteiger partial charge on any atom is 0.250 e. The molecule has 0 saturated heterocycles. The number of aromatic nitrogens is 1. The maximum absolute atomic E-state index is 12.1. The summed E-state index contributed by atoms with van der Waals surface area (Å²) in [5, 5.41) is 3.63. The van der Waals surface area contributed by atoms with Crippen LogP contribution >= 0.6 is 0 Å². The predicted octanol–water partition coefficient (Wildman–Crippen LogP) is 3.42. The summed E-state index contributed by atoms with van der Waals surface area (Å²) in [7, 11) is 0. The van der Waals surface area contributed by atoms with Crippen molar-refractivity contribution in [1.29, 1.82) is 0 Å². The van der Waals surface area contributed by atoms with Crippen LogP contribution in [0.5, 0.6) is 0 Å². The molecule has 1 N–H and O–H groups in total. The first-order valence-electron chi connectivity index (χ1n) is 8.24. The van der Waals surface area contributed by atoms with Gasteiger partial charge >= 0.3 is 0 Å². The molecule has 0 aromatic carbocycles. The number of unbranched alkanes of at least 4 members (excludes halogenated alkanes) is 2. The molecule has 1 aliphatic carbocycles. The zero-order valence-electron chi connectivity index (χ0n) is 13.0. The molecule has 0 bridgehead atoms. The van der Waals surface area contributed by atoms with Gasteiger partial charge in [0.15, 0.2) is 0 Å². The Morgan fingerprint density at radius 1 is 1.25 bits per heavy atom. The Morgan fingerprint density at radius 3 is 2.85 bits per heavy atom. The van der Waals surface area contributed by atoms with E-state index >= 15 is 0 Å². The molecular formula is C17H28N2O. The largest absolute Gasteiger partial charge is 0.312 e. The van der Waals surface area contributed by atoms with E-state index < -0.39 is 0 Å². The van der Waals surface area contributed by atoms with E-state index in [1.165, 1.54) is 36.9 Å². The van der Waals surface area contributed by atoms with Gasteiger partial charge in [0.1, 0.15) is 0 Å². The zero-order chi connectivity index (χ0) is 14.4. The molecule has 0 amide bonds. The van der Waals surface area contributed by atoms with Crippen LogP contribution in [0.15, 0.2) is 16.9 Å². The molecule has 1 aromatic rings. The van der Waals surface area contributed by atoms with Crippen molar-refractivity contribution < 1.29 is 0 Å². The molecule has 112 valence electrons. The van der Waals surface area contributed by atoms with E-state index in [0.29, 0.717) is 6.04 Å². The minimum atomic E-state index is 0.177. The molecular weight excluding hydrogens is 248 g/mol. The van der Waals surface area contributed by atoms with Crippen LogP contribution in [0.2, 0.25) is 0 Å². The molecule has 0 aliphatic heterocycles. The van der Waals surface area contributed by atoms with Crippen molar-refractivity contribution in [3.8, 4) is 0 Å². The quantitative estimate of drug-likeness (QED) is 0.774. The van der Waals surface area contributed by atoms with Crippen LogP contribution in [0, 0.1) is 0 Å². The minimum Gasteiger partial charge on any atom is -0.312 e. The van der Waals surface area contributed by atoms with Gasteiger partial charge < -0.3 is 9.88 Å². The molecule has 0 radical (unpaired) electrons. The Kier molecular flexibility index (Phi) is 5.84. The van der Waals surface area contributed by atoms with E-state index in [1.807, 2.05) is 4.57 Å². The van der Waals surface area contributed by atoms with Crippen molar-refractivity contribution in [2.75, 3.05) is 6.54 Å². The third-order valence-electron chi connectivity index (χ3n) is 4.24. The first-order chi connectivity index (χ1) is 9.77. The highest BCUT2D eigenvalue weighted by Crippen LogP contribution is 2.28. The highest BCUT2D eigenvalue weighted by molar-refractivity contribution is 5.27. The summed E-state index contributed by atoms with van der Waals surface area (Å²) in [6.07, 6.45) is 8.10. The van der Waals surface area contributed by atoms with E-state index in [-0.39, 0.29) is 5.56 Å². The van der Waals surface area contributed by atoms with Crippen molar-refractivity contribution in [3.63, 3.8) is 0 Å². The van der Waals surface area contributed by atoms with Crippen LogP contribution in [0.3, 0.4) is 0 Å². The van der Waals surface area contributed by atoms with E-state index in [2.05, 4.69) is 25.2 Å². The molecule has 2 rings (SSSR count). The second-order valence-electron chi connectivity index (χ2n) is 5.83. The Balaban J connectivity index is 2.22.